The molecule has 1 N–H and O–H groups in total. The van der Waals surface area contributed by atoms with E-state index in [0.717, 1.165) is 5.06 Å². The Balaban J connectivity index is 0.000000636. The Kier molecular flexibility index (Phi) is 7.94. The SMILES string of the molecule is CCOC(=O)C1=C(C)NC(C)=C(C(=O)OCC)C1c1ccccc1[N+](=O)[O-].CN1OC1=O. The summed E-state index contributed by atoms with van der Waals surface area (Å²) >= 11 is 0. The van der Waals surface area contributed by atoms with Gasteiger partial charge in [-0.15, -0.1) is 5.06 Å². The molecule has 0 aromatic heterocycles. The number of carbonyl (C=O) groups excluding carboxylic acids is 3. The third-order valence-electron chi connectivity index (χ3n) is 4.64. The third kappa shape index (κ3) is 5.42. The van der Waals surface area contributed by atoms with Crippen LogP contribution in [0.15, 0.2) is 46.8 Å². The number of ether oxygens (including phenoxy) is 2. The number of benzene rings is 1. The van der Waals surface area contributed by atoms with Crippen LogP contribution in [0.2, 0.25) is 0 Å². The van der Waals surface area contributed by atoms with Crippen LogP contribution in [0.25, 0.3) is 0 Å². The highest BCUT2D eigenvalue weighted by Gasteiger charge is 2.40. The Labute approximate surface area is 184 Å². The number of amides is 1. The first-order valence-electron chi connectivity index (χ1n) is 9.85. The van der Waals surface area contributed by atoms with Crippen LogP contribution in [0.1, 0.15) is 39.2 Å². The van der Waals surface area contributed by atoms with E-state index in [4.69, 9.17) is 9.47 Å². The number of nitrogens with one attached hydrogen (secondary N) is 1. The fraction of sp³-hybridized carbons (Fsp3) is 0.381. The van der Waals surface area contributed by atoms with Crippen molar-refractivity contribution in [2.75, 3.05) is 20.3 Å². The predicted molar refractivity (Wildman–Crippen MR) is 112 cm³/mol. The van der Waals surface area contributed by atoms with Crippen molar-refractivity contribution in [3.8, 4) is 0 Å². The van der Waals surface area contributed by atoms with Crippen molar-refractivity contribution < 1.29 is 33.6 Å². The number of carbonyl (C=O) groups is 3. The summed E-state index contributed by atoms with van der Waals surface area (Å²) in [5.74, 6) is -2.24. The van der Waals surface area contributed by atoms with Crippen LogP contribution in [0, 0.1) is 10.1 Å². The maximum atomic E-state index is 12.6. The van der Waals surface area contributed by atoms with Crippen molar-refractivity contribution in [3.63, 3.8) is 0 Å². The monoisotopic (exact) mass is 447 g/mol. The summed E-state index contributed by atoms with van der Waals surface area (Å²) in [6.45, 7) is 6.93. The average Bonchev–Trinajstić information content (AvgIpc) is 3.39. The van der Waals surface area contributed by atoms with Gasteiger partial charge in [0.25, 0.3) is 5.69 Å². The highest BCUT2D eigenvalue weighted by Crippen LogP contribution is 2.42. The van der Waals surface area contributed by atoms with Crippen LogP contribution < -0.4 is 5.32 Å². The van der Waals surface area contributed by atoms with Crippen molar-refractivity contribution >= 4 is 23.7 Å². The second kappa shape index (κ2) is 10.4. The number of hydroxylamine groups is 2. The van der Waals surface area contributed by atoms with Crippen LogP contribution in [0.4, 0.5) is 10.5 Å². The molecule has 0 radical (unpaired) electrons. The van der Waals surface area contributed by atoms with E-state index in [1.165, 1.54) is 18.2 Å². The van der Waals surface area contributed by atoms with E-state index in [2.05, 4.69) is 10.2 Å². The zero-order valence-electron chi connectivity index (χ0n) is 18.5. The zero-order chi connectivity index (χ0) is 24.0. The smallest absolute Gasteiger partial charge is 0.463 e. The van der Waals surface area contributed by atoms with Gasteiger partial charge in [-0.3, -0.25) is 10.1 Å². The largest absolute Gasteiger partial charge is 0.467 e. The first-order chi connectivity index (χ1) is 15.1. The molecule has 2 aliphatic rings. The maximum absolute atomic E-state index is 12.6. The fourth-order valence-corrected chi connectivity index (χ4v) is 3.26. The third-order valence-corrected chi connectivity index (χ3v) is 4.64. The van der Waals surface area contributed by atoms with E-state index in [0.29, 0.717) is 11.4 Å². The van der Waals surface area contributed by atoms with Crippen LogP contribution in [-0.2, 0) is 23.9 Å². The Morgan fingerprint density at radius 2 is 1.53 bits per heavy atom. The fourth-order valence-electron chi connectivity index (χ4n) is 3.26. The van der Waals surface area contributed by atoms with Gasteiger partial charge in [0, 0.05) is 23.0 Å². The van der Waals surface area contributed by atoms with Crippen molar-refractivity contribution in [2.24, 2.45) is 0 Å². The summed E-state index contributed by atoms with van der Waals surface area (Å²) in [6, 6.07) is 6.03. The van der Waals surface area contributed by atoms with E-state index in [1.54, 1.807) is 40.8 Å². The van der Waals surface area contributed by atoms with Gasteiger partial charge in [-0.1, -0.05) is 18.2 Å². The molecule has 1 aromatic rings. The van der Waals surface area contributed by atoms with Crippen LogP contribution >= 0.6 is 0 Å². The standard InChI is InChI=1S/C19H22N2O6.C2H3NO2/c1-5-26-18(22)15-11(3)20-12(4)16(19(23)27-6-2)17(15)13-9-7-8-10-14(13)21(24)25;1-3-2(4)5-3/h7-10,17,20H,5-6H2,1-4H3;1H3. The zero-order valence-corrected chi connectivity index (χ0v) is 18.5. The number of para-hydroxylation sites is 1. The van der Waals surface area contributed by atoms with Crippen molar-refractivity contribution in [1.29, 1.82) is 0 Å². The summed E-state index contributed by atoms with van der Waals surface area (Å²) in [5.41, 5.74) is 1.30. The van der Waals surface area contributed by atoms with Crippen molar-refractivity contribution in [1.82, 2.24) is 10.4 Å². The van der Waals surface area contributed by atoms with Gasteiger partial charge in [0.2, 0.25) is 0 Å². The molecule has 11 nitrogen and oxygen atoms in total. The van der Waals surface area contributed by atoms with Crippen molar-refractivity contribution in [2.45, 2.75) is 33.6 Å². The lowest BCUT2D eigenvalue weighted by molar-refractivity contribution is -0.385. The molecule has 32 heavy (non-hydrogen) atoms. The molecule has 1 fully saturated rings. The number of rotatable bonds is 6. The van der Waals surface area contributed by atoms with Crippen LogP contribution in [0.5, 0.6) is 0 Å². The summed E-state index contributed by atoms with van der Waals surface area (Å²) in [7, 11) is 1.56. The molecule has 1 aromatic carbocycles. The molecule has 0 saturated carbocycles. The number of nitro groups is 1. The Hall–Kier alpha value is -3.89. The molecular formula is C21H25N3O8. The second-order valence-corrected chi connectivity index (χ2v) is 6.75. The van der Waals surface area contributed by atoms with Gasteiger partial charge in [0.15, 0.2) is 0 Å². The average molecular weight is 447 g/mol. The minimum absolute atomic E-state index is 0.136. The molecule has 0 aliphatic carbocycles. The van der Waals surface area contributed by atoms with E-state index in [9.17, 15) is 24.5 Å². The molecule has 3 rings (SSSR count). The molecule has 172 valence electrons. The van der Waals surface area contributed by atoms with Crippen molar-refractivity contribution in [3.05, 3.63) is 62.5 Å². The highest BCUT2D eigenvalue weighted by atomic mass is 16.9. The summed E-state index contributed by atoms with van der Waals surface area (Å²) < 4.78 is 10.3. The molecule has 2 heterocycles. The number of nitrogens with zero attached hydrogens (tertiary/aromatic N) is 2. The molecule has 0 atom stereocenters. The number of dihydropyridines is 1. The minimum atomic E-state index is -0.967. The first kappa shape index (κ1) is 24.4. The summed E-state index contributed by atoms with van der Waals surface area (Å²) in [5, 5.41) is 15.7. The number of hydrogen-bond acceptors (Lipinski definition) is 9. The van der Waals surface area contributed by atoms with Gasteiger partial charge >= 0.3 is 18.0 Å². The van der Waals surface area contributed by atoms with Crippen LogP contribution in [0.3, 0.4) is 0 Å². The van der Waals surface area contributed by atoms with E-state index >= 15 is 0 Å². The molecular weight excluding hydrogens is 422 g/mol. The van der Waals surface area contributed by atoms with Gasteiger partial charge in [0.05, 0.1) is 42.2 Å². The minimum Gasteiger partial charge on any atom is -0.463 e. The molecule has 1 saturated heterocycles. The maximum Gasteiger partial charge on any atom is 0.467 e. The lowest BCUT2D eigenvalue weighted by Gasteiger charge is -2.30. The molecule has 0 spiro atoms. The number of nitro benzene ring substituents is 1. The lowest BCUT2D eigenvalue weighted by atomic mass is 9.79. The van der Waals surface area contributed by atoms with Gasteiger partial charge in [-0.2, -0.15) is 0 Å². The Bertz CT molecular complexity index is 959. The number of hydrogen-bond donors (Lipinski definition) is 1. The lowest BCUT2D eigenvalue weighted by Crippen LogP contribution is -2.32. The summed E-state index contributed by atoms with van der Waals surface area (Å²) in [4.78, 5) is 50.0. The topological polar surface area (TPSA) is 140 Å². The molecule has 11 heteroatoms. The number of allylic oxidation sites excluding steroid dienone is 2. The van der Waals surface area contributed by atoms with Gasteiger partial charge in [-0.05, 0) is 27.7 Å². The van der Waals surface area contributed by atoms with Gasteiger partial charge < -0.3 is 19.6 Å². The molecule has 0 bridgehead atoms. The molecule has 1 amide bonds. The van der Waals surface area contributed by atoms with Gasteiger partial charge in [-0.25, -0.2) is 14.4 Å². The molecule has 0 unspecified atom stereocenters. The second-order valence-electron chi connectivity index (χ2n) is 6.75. The Morgan fingerprint density at radius 3 is 1.91 bits per heavy atom. The highest BCUT2D eigenvalue weighted by molar-refractivity contribution is 6.00. The number of esters is 2. The quantitative estimate of drug-likeness (QED) is 0.301. The Morgan fingerprint density at radius 1 is 1.09 bits per heavy atom. The van der Waals surface area contributed by atoms with E-state index in [1.807, 2.05) is 0 Å². The van der Waals surface area contributed by atoms with E-state index in [-0.39, 0.29) is 41.7 Å². The first-order valence-corrected chi connectivity index (χ1v) is 9.85. The van der Waals surface area contributed by atoms with Crippen LogP contribution in [-0.4, -0.2) is 48.3 Å². The summed E-state index contributed by atoms with van der Waals surface area (Å²) in [6.07, 6.45) is -0.245. The predicted octanol–water partition coefficient (Wildman–Crippen LogP) is 2.94. The van der Waals surface area contributed by atoms with Gasteiger partial charge in [0.1, 0.15) is 0 Å². The normalized spacial score (nSPS) is 15.3. The molecule has 2 aliphatic heterocycles. The van der Waals surface area contributed by atoms with E-state index < -0.39 is 22.8 Å².